The van der Waals surface area contributed by atoms with Crippen LogP contribution in [0.4, 0.5) is 0 Å². The summed E-state index contributed by atoms with van der Waals surface area (Å²) in [5, 5.41) is 7.56. The molecule has 2 aromatic heterocycles. The number of halogens is 1. The van der Waals surface area contributed by atoms with Gasteiger partial charge in [0.25, 0.3) is 0 Å². The van der Waals surface area contributed by atoms with Crippen molar-refractivity contribution in [3.05, 3.63) is 34.9 Å². The van der Waals surface area contributed by atoms with Crippen LogP contribution < -0.4 is 11.0 Å². The van der Waals surface area contributed by atoms with E-state index in [4.69, 9.17) is 0 Å². The Hall–Kier alpha value is -1.37. The van der Waals surface area contributed by atoms with Crippen molar-refractivity contribution in [1.29, 1.82) is 0 Å². The van der Waals surface area contributed by atoms with Gasteiger partial charge >= 0.3 is 5.69 Å². The van der Waals surface area contributed by atoms with E-state index in [1.807, 2.05) is 18.2 Å². The molecule has 7 heteroatoms. The van der Waals surface area contributed by atoms with E-state index in [1.54, 1.807) is 10.6 Å². The Labute approximate surface area is 117 Å². The molecule has 0 atom stereocenters. The molecule has 0 amide bonds. The van der Waals surface area contributed by atoms with Gasteiger partial charge in [-0.1, -0.05) is 6.07 Å². The van der Waals surface area contributed by atoms with Crippen LogP contribution in [0.3, 0.4) is 0 Å². The minimum Gasteiger partial charge on any atom is -0.314 e. The van der Waals surface area contributed by atoms with Crippen LogP contribution in [0.2, 0.25) is 0 Å². The molecule has 0 saturated carbocycles. The van der Waals surface area contributed by atoms with Crippen LogP contribution in [0, 0.1) is 0 Å². The molecule has 1 aliphatic heterocycles. The summed E-state index contributed by atoms with van der Waals surface area (Å²) in [5.41, 5.74) is 0.640. The lowest BCUT2D eigenvalue weighted by atomic mass is 10.1. The molecule has 6 nitrogen and oxygen atoms in total. The maximum atomic E-state index is 12.0. The molecule has 0 radical (unpaired) electrons. The van der Waals surface area contributed by atoms with Crippen LogP contribution in [-0.2, 0) is 6.54 Å². The minimum atomic E-state index is -0.0641. The van der Waals surface area contributed by atoms with Crippen molar-refractivity contribution in [2.75, 3.05) is 26.7 Å². The Bertz CT molecular complexity index is 603. The first-order valence-corrected chi connectivity index (χ1v) is 6.21. The molecule has 3 heterocycles. The van der Waals surface area contributed by atoms with E-state index in [-0.39, 0.29) is 18.1 Å². The molecule has 1 aliphatic rings. The predicted molar refractivity (Wildman–Crippen MR) is 76.0 cm³/mol. The number of rotatable bonds is 4. The molecule has 1 N–H and O–H groups in total. The van der Waals surface area contributed by atoms with Crippen molar-refractivity contribution < 1.29 is 0 Å². The largest absolute Gasteiger partial charge is 0.350 e. The standard InChI is InChI=1S/C12H17N5O.ClH/c1-15(10-8-13-9-10)6-7-17-12(18)16-5-3-2-4-11(16)14-17;/h2-5,10,13H,6-9H2,1H3;1H. The lowest BCUT2D eigenvalue weighted by Crippen LogP contribution is -2.56. The summed E-state index contributed by atoms with van der Waals surface area (Å²) in [6.45, 7) is 3.55. The summed E-state index contributed by atoms with van der Waals surface area (Å²) >= 11 is 0. The summed E-state index contributed by atoms with van der Waals surface area (Å²) < 4.78 is 3.11. The van der Waals surface area contributed by atoms with Crippen LogP contribution in [-0.4, -0.2) is 51.8 Å². The SMILES string of the molecule is CN(CCn1nc2ccccn2c1=O)C1CNC1.Cl. The fraction of sp³-hybridized carbons (Fsp3) is 0.500. The van der Waals surface area contributed by atoms with Crippen molar-refractivity contribution >= 4 is 18.1 Å². The van der Waals surface area contributed by atoms with Gasteiger partial charge < -0.3 is 5.32 Å². The zero-order chi connectivity index (χ0) is 12.5. The van der Waals surface area contributed by atoms with Crippen molar-refractivity contribution in [3.8, 4) is 0 Å². The first-order valence-electron chi connectivity index (χ1n) is 6.21. The molecule has 0 aliphatic carbocycles. The summed E-state index contributed by atoms with van der Waals surface area (Å²) in [5.74, 6) is 0. The predicted octanol–water partition coefficient (Wildman–Crippen LogP) is -0.179. The molecule has 0 spiro atoms. The monoisotopic (exact) mass is 283 g/mol. The van der Waals surface area contributed by atoms with Crippen LogP contribution in [0.15, 0.2) is 29.2 Å². The molecule has 0 bridgehead atoms. The lowest BCUT2D eigenvalue weighted by molar-refractivity contribution is 0.172. The molecule has 2 aromatic rings. The third-order valence-electron chi connectivity index (χ3n) is 3.54. The van der Waals surface area contributed by atoms with E-state index in [9.17, 15) is 4.79 Å². The van der Waals surface area contributed by atoms with Gasteiger partial charge in [-0.05, 0) is 19.2 Å². The zero-order valence-electron chi connectivity index (χ0n) is 10.8. The molecule has 104 valence electrons. The normalized spacial score (nSPS) is 15.5. The van der Waals surface area contributed by atoms with Crippen LogP contribution in [0.5, 0.6) is 0 Å². The Morgan fingerprint density at radius 1 is 1.47 bits per heavy atom. The van der Waals surface area contributed by atoms with Gasteiger partial charge in [0.05, 0.1) is 6.54 Å². The van der Waals surface area contributed by atoms with E-state index >= 15 is 0 Å². The van der Waals surface area contributed by atoms with Crippen LogP contribution >= 0.6 is 12.4 Å². The molecule has 1 saturated heterocycles. The Morgan fingerprint density at radius 2 is 2.26 bits per heavy atom. The van der Waals surface area contributed by atoms with Gasteiger partial charge in [0, 0.05) is 31.9 Å². The van der Waals surface area contributed by atoms with Gasteiger partial charge in [0.15, 0.2) is 5.65 Å². The molecule has 0 aromatic carbocycles. The van der Waals surface area contributed by atoms with E-state index in [0.29, 0.717) is 18.2 Å². The Balaban J connectivity index is 0.00000133. The van der Waals surface area contributed by atoms with Crippen molar-refractivity contribution in [2.45, 2.75) is 12.6 Å². The van der Waals surface area contributed by atoms with Crippen LogP contribution in [0.25, 0.3) is 5.65 Å². The molecule has 19 heavy (non-hydrogen) atoms. The second-order valence-electron chi connectivity index (χ2n) is 4.73. The number of aromatic nitrogens is 3. The quantitative estimate of drug-likeness (QED) is 0.846. The number of pyridine rings is 1. The topological polar surface area (TPSA) is 54.6 Å². The fourth-order valence-electron chi connectivity index (χ4n) is 2.13. The van der Waals surface area contributed by atoms with E-state index in [1.165, 1.54) is 4.68 Å². The van der Waals surface area contributed by atoms with E-state index in [0.717, 1.165) is 19.6 Å². The highest BCUT2D eigenvalue weighted by molar-refractivity contribution is 5.85. The van der Waals surface area contributed by atoms with Gasteiger partial charge in [-0.2, -0.15) is 0 Å². The molecule has 0 unspecified atom stereocenters. The van der Waals surface area contributed by atoms with Crippen molar-refractivity contribution in [1.82, 2.24) is 24.4 Å². The first kappa shape index (κ1) is 14.0. The lowest BCUT2D eigenvalue weighted by Gasteiger charge is -2.35. The molecule has 3 rings (SSSR count). The second kappa shape index (κ2) is 5.73. The maximum Gasteiger partial charge on any atom is 0.350 e. The van der Waals surface area contributed by atoms with Gasteiger partial charge in [-0.3, -0.25) is 9.30 Å². The highest BCUT2D eigenvalue weighted by Gasteiger charge is 2.21. The van der Waals surface area contributed by atoms with Crippen molar-refractivity contribution in [3.63, 3.8) is 0 Å². The molecule has 1 fully saturated rings. The summed E-state index contributed by atoms with van der Waals surface area (Å²) in [7, 11) is 2.09. The molecular formula is C12H18ClN5O. The molecular weight excluding hydrogens is 266 g/mol. The number of likely N-dealkylation sites (N-methyl/N-ethyl adjacent to an activating group) is 1. The summed E-state index contributed by atoms with van der Waals surface area (Å²) in [6.07, 6.45) is 1.75. The Kier molecular flexibility index (Phi) is 4.24. The van der Waals surface area contributed by atoms with Crippen molar-refractivity contribution in [2.24, 2.45) is 0 Å². The third kappa shape index (κ3) is 2.65. The van der Waals surface area contributed by atoms with Crippen LogP contribution in [0.1, 0.15) is 0 Å². The number of hydrogen-bond donors (Lipinski definition) is 1. The minimum absolute atomic E-state index is 0. The van der Waals surface area contributed by atoms with E-state index in [2.05, 4.69) is 22.4 Å². The smallest absolute Gasteiger partial charge is 0.314 e. The third-order valence-corrected chi connectivity index (χ3v) is 3.54. The van der Waals surface area contributed by atoms with Gasteiger partial charge in [-0.15, -0.1) is 17.5 Å². The first-order chi connectivity index (χ1) is 8.75. The Morgan fingerprint density at radius 3 is 2.89 bits per heavy atom. The summed E-state index contributed by atoms with van der Waals surface area (Å²) in [6, 6.07) is 6.17. The number of nitrogens with one attached hydrogen (secondary N) is 1. The maximum absolute atomic E-state index is 12.0. The average Bonchev–Trinajstić information content (AvgIpc) is 2.62. The summed E-state index contributed by atoms with van der Waals surface area (Å²) in [4.78, 5) is 14.3. The average molecular weight is 284 g/mol. The van der Waals surface area contributed by atoms with Gasteiger partial charge in [-0.25, -0.2) is 9.48 Å². The van der Waals surface area contributed by atoms with E-state index < -0.39 is 0 Å². The fourth-order valence-corrected chi connectivity index (χ4v) is 2.13. The number of nitrogens with zero attached hydrogens (tertiary/aromatic N) is 4. The number of hydrogen-bond acceptors (Lipinski definition) is 4. The zero-order valence-corrected chi connectivity index (χ0v) is 11.6. The highest BCUT2D eigenvalue weighted by atomic mass is 35.5. The number of fused-ring (bicyclic) bond motifs is 1. The van der Waals surface area contributed by atoms with Gasteiger partial charge in [0.1, 0.15) is 0 Å². The second-order valence-corrected chi connectivity index (χ2v) is 4.73. The van der Waals surface area contributed by atoms with Gasteiger partial charge in [0.2, 0.25) is 0 Å². The highest BCUT2D eigenvalue weighted by Crippen LogP contribution is 2.02.